The van der Waals surface area contributed by atoms with Crippen molar-refractivity contribution in [1.82, 2.24) is 0 Å². The highest BCUT2D eigenvalue weighted by molar-refractivity contribution is 8.13. The molecule has 0 aliphatic rings. The Labute approximate surface area is 137 Å². The lowest BCUT2D eigenvalue weighted by atomic mass is 10.3. The molecule has 1 aromatic rings. The highest BCUT2D eigenvalue weighted by Gasteiger charge is 2.19. The average Bonchev–Trinajstić information content (AvgIpc) is 2.32. The Hall–Kier alpha value is -0.250. The zero-order valence-electron chi connectivity index (χ0n) is 10.8. The molecule has 0 radical (unpaired) electrons. The summed E-state index contributed by atoms with van der Waals surface area (Å²) in [6, 6.07) is 2.02. The Balaban J connectivity index is 3.05. The van der Waals surface area contributed by atoms with Crippen molar-refractivity contribution in [1.29, 1.82) is 0 Å². The van der Waals surface area contributed by atoms with Gasteiger partial charge in [-0.25, -0.2) is 16.8 Å². The van der Waals surface area contributed by atoms with Crippen LogP contribution in [0.5, 0.6) is 0 Å². The van der Waals surface area contributed by atoms with Gasteiger partial charge in [-0.05, 0) is 19.1 Å². The Morgan fingerprint density at radius 1 is 1.14 bits per heavy atom. The van der Waals surface area contributed by atoms with Gasteiger partial charge < -0.3 is 4.74 Å². The van der Waals surface area contributed by atoms with Crippen LogP contribution in [-0.4, -0.2) is 35.8 Å². The van der Waals surface area contributed by atoms with Crippen molar-refractivity contribution in [3.8, 4) is 0 Å². The molecule has 120 valence electrons. The molecule has 0 bridgehead atoms. The van der Waals surface area contributed by atoms with Crippen molar-refractivity contribution >= 4 is 58.6 Å². The Bertz CT molecular complexity index is 695. The summed E-state index contributed by atoms with van der Waals surface area (Å²) in [5, 5.41) is -0.358. The van der Waals surface area contributed by atoms with Crippen LogP contribution in [0.4, 0.5) is 5.69 Å². The Morgan fingerprint density at radius 3 is 2.10 bits per heavy atom. The van der Waals surface area contributed by atoms with Gasteiger partial charge in [0.25, 0.3) is 9.05 Å². The number of sulfonamides is 1. The van der Waals surface area contributed by atoms with Crippen LogP contribution in [0.25, 0.3) is 0 Å². The zero-order valence-corrected chi connectivity index (χ0v) is 14.7. The second-order valence-corrected chi connectivity index (χ2v) is 9.04. The molecule has 1 rings (SSSR count). The van der Waals surface area contributed by atoms with Crippen LogP contribution in [0, 0.1) is 0 Å². The SMILES string of the molecule is CCOCCS(=O)(=O)Nc1c(Cl)cc(S(=O)(=O)Cl)cc1Cl. The molecule has 0 fully saturated rings. The van der Waals surface area contributed by atoms with Crippen LogP contribution in [-0.2, 0) is 23.8 Å². The number of nitrogens with one attached hydrogen (secondary N) is 1. The van der Waals surface area contributed by atoms with Crippen molar-refractivity contribution in [2.45, 2.75) is 11.8 Å². The summed E-state index contributed by atoms with van der Waals surface area (Å²) < 4.78 is 53.2. The van der Waals surface area contributed by atoms with E-state index in [0.29, 0.717) is 6.61 Å². The molecule has 0 aromatic heterocycles. The van der Waals surface area contributed by atoms with Gasteiger partial charge in [0.1, 0.15) is 0 Å². The van der Waals surface area contributed by atoms with E-state index in [4.69, 9.17) is 38.6 Å². The van der Waals surface area contributed by atoms with Gasteiger partial charge in [-0.1, -0.05) is 23.2 Å². The fraction of sp³-hybridized carbons (Fsp3) is 0.400. The monoisotopic (exact) mass is 395 g/mol. The third kappa shape index (κ3) is 5.80. The first-order valence-electron chi connectivity index (χ1n) is 5.59. The lowest BCUT2D eigenvalue weighted by Gasteiger charge is -2.12. The number of anilines is 1. The Kier molecular flexibility index (Phi) is 6.57. The van der Waals surface area contributed by atoms with Crippen molar-refractivity contribution in [3.05, 3.63) is 22.2 Å². The molecule has 0 unspecified atom stereocenters. The maximum atomic E-state index is 11.8. The van der Waals surface area contributed by atoms with Crippen LogP contribution < -0.4 is 4.72 Å². The van der Waals surface area contributed by atoms with Gasteiger partial charge in [-0.15, -0.1) is 0 Å². The molecule has 0 saturated carbocycles. The molecule has 0 heterocycles. The van der Waals surface area contributed by atoms with Crippen LogP contribution in [0.15, 0.2) is 17.0 Å². The van der Waals surface area contributed by atoms with E-state index in [1.807, 2.05) is 0 Å². The number of halogens is 3. The van der Waals surface area contributed by atoms with Gasteiger partial charge in [-0.3, -0.25) is 4.72 Å². The first kappa shape index (κ1) is 18.8. The van der Waals surface area contributed by atoms with Gasteiger partial charge in [0.2, 0.25) is 10.0 Å². The molecule has 11 heteroatoms. The number of ether oxygens (including phenoxy) is 1. The van der Waals surface area contributed by atoms with E-state index < -0.39 is 19.1 Å². The number of benzene rings is 1. The van der Waals surface area contributed by atoms with Crippen molar-refractivity contribution in [2.75, 3.05) is 23.7 Å². The largest absolute Gasteiger partial charge is 0.381 e. The van der Waals surface area contributed by atoms with E-state index in [0.717, 1.165) is 12.1 Å². The predicted molar refractivity (Wildman–Crippen MR) is 83.4 cm³/mol. The van der Waals surface area contributed by atoms with E-state index >= 15 is 0 Å². The lowest BCUT2D eigenvalue weighted by molar-refractivity contribution is 0.163. The van der Waals surface area contributed by atoms with E-state index in [1.54, 1.807) is 6.92 Å². The minimum absolute atomic E-state index is 0.00914. The number of hydrogen-bond donors (Lipinski definition) is 1. The van der Waals surface area contributed by atoms with Gasteiger partial charge in [0.05, 0.1) is 33.0 Å². The topological polar surface area (TPSA) is 89.5 Å². The van der Waals surface area contributed by atoms with Crippen LogP contribution in [0.2, 0.25) is 10.0 Å². The van der Waals surface area contributed by atoms with Crippen molar-refractivity contribution < 1.29 is 21.6 Å². The molecular weight excluding hydrogens is 385 g/mol. The minimum Gasteiger partial charge on any atom is -0.381 e. The molecular formula is C10H12Cl3NO5S2. The molecule has 1 aromatic carbocycles. The van der Waals surface area contributed by atoms with E-state index in [9.17, 15) is 16.8 Å². The Morgan fingerprint density at radius 2 is 1.67 bits per heavy atom. The maximum absolute atomic E-state index is 11.8. The summed E-state index contributed by atoms with van der Waals surface area (Å²) in [6.07, 6.45) is 0. The van der Waals surface area contributed by atoms with Crippen LogP contribution in [0.3, 0.4) is 0 Å². The van der Waals surface area contributed by atoms with E-state index in [2.05, 4.69) is 4.72 Å². The average molecular weight is 397 g/mol. The third-order valence-electron chi connectivity index (χ3n) is 2.26. The summed E-state index contributed by atoms with van der Waals surface area (Å²) in [5.74, 6) is -0.289. The first-order chi connectivity index (χ1) is 9.57. The van der Waals surface area contributed by atoms with Crippen molar-refractivity contribution in [3.63, 3.8) is 0 Å². The second-order valence-electron chi connectivity index (χ2n) is 3.82. The van der Waals surface area contributed by atoms with Crippen LogP contribution >= 0.6 is 33.9 Å². The minimum atomic E-state index is -4.02. The molecule has 1 N–H and O–H groups in total. The van der Waals surface area contributed by atoms with E-state index in [1.165, 1.54) is 0 Å². The standard InChI is InChI=1S/C10H12Cl3NO5S2/c1-2-19-3-4-20(15,16)14-10-8(11)5-7(6-9(10)12)21(13,17)18/h5-6,14H,2-4H2,1H3. The quantitative estimate of drug-likeness (QED) is 0.565. The second kappa shape index (κ2) is 7.34. The van der Waals surface area contributed by atoms with Gasteiger partial charge in [0.15, 0.2) is 0 Å². The summed E-state index contributed by atoms with van der Waals surface area (Å²) >= 11 is 11.7. The predicted octanol–water partition coefficient (Wildman–Crippen LogP) is 2.70. The fourth-order valence-corrected chi connectivity index (χ4v) is 3.89. The van der Waals surface area contributed by atoms with Crippen LogP contribution in [0.1, 0.15) is 6.92 Å². The summed E-state index contributed by atoms with van der Waals surface area (Å²) in [5.41, 5.74) is -0.112. The summed E-state index contributed by atoms with van der Waals surface area (Å²) in [6.45, 7) is 2.13. The molecule has 0 aliphatic carbocycles. The van der Waals surface area contributed by atoms with Gasteiger partial charge >= 0.3 is 0 Å². The first-order valence-corrected chi connectivity index (χ1v) is 10.3. The fourth-order valence-electron chi connectivity index (χ4n) is 1.31. The molecule has 0 spiro atoms. The molecule has 21 heavy (non-hydrogen) atoms. The highest BCUT2D eigenvalue weighted by Crippen LogP contribution is 2.35. The molecule has 0 aliphatic heterocycles. The molecule has 0 amide bonds. The lowest BCUT2D eigenvalue weighted by Crippen LogP contribution is -2.20. The summed E-state index contributed by atoms with van der Waals surface area (Å²) in [4.78, 5) is -0.323. The van der Waals surface area contributed by atoms with Gasteiger partial charge in [-0.2, -0.15) is 0 Å². The van der Waals surface area contributed by atoms with Gasteiger partial charge in [0, 0.05) is 17.3 Å². The highest BCUT2D eigenvalue weighted by atomic mass is 35.7. The maximum Gasteiger partial charge on any atom is 0.261 e. The van der Waals surface area contributed by atoms with Crippen molar-refractivity contribution in [2.24, 2.45) is 0 Å². The molecule has 0 atom stereocenters. The normalized spacial score (nSPS) is 12.4. The number of hydrogen-bond acceptors (Lipinski definition) is 5. The van der Waals surface area contributed by atoms with E-state index in [-0.39, 0.29) is 33.0 Å². The number of rotatable bonds is 7. The third-order valence-corrected chi connectivity index (χ3v) is 5.40. The zero-order chi connectivity index (χ0) is 16.3. The smallest absolute Gasteiger partial charge is 0.261 e. The summed E-state index contributed by atoms with van der Waals surface area (Å²) in [7, 11) is -2.57. The molecule has 0 saturated heterocycles. The molecule has 6 nitrogen and oxygen atoms in total.